The molecule has 5 heteroatoms. The standard InChI is InChI=1S/C20H30N2O2S/c1-16-7-9-18(10-8-16)25-14-11-19(23)21-12-13-22-20(24)15-17-5-3-2-4-6-17/h7-10,17H,2-6,11-15H2,1H3,(H,21,23)(H,22,24). The summed E-state index contributed by atoms with van der Waals surface area (Å²) < 4.78 is 0. The predicted octanol–water partition coefficient (Wildman–Crippen LogP) is 3.68. The highest BCUT2D eigenvalue weighted by atomic mass is 32.2. The van der Waals surface area contributed by atoms with Crippen LogP contribution in [0.2, 0.25) is 0 Å². The largest absolute Gasteiger partial charge is 0.354 e. The van der Waals surface area contributed by atoms with E-state index in [2.05, 4.69) is 41.8 Å². The Labute approximate surface area is 155 Å². The van der Waals surface area contributed by atoms with Gasteiger partial charge in [-0.25, -0.2) is 0 Å². The maximum Gasteiger partial charge on any atom is 0.220 e. The minimum Gasteiger partial charge on any atom is -0.354 e. The van der Waals surface area contributed by atoms with E-state index in [-0.39, 0.29) is 11.8 Å². The Kier molecular flexibility index (Phi) is 8.87. The summed E-state index contributed by atoms with van der Waals surface area (Å²) in [6.07, 6.45) is 7.33. The number of rotatable bonds is 9. The van der Waals surface area contributed by atoms with E-state index in [0.717, 1.165) is 5.75 Å². The molecular weight excluding hydrogens is 332 g/mol. The first kappa shape index (κ1) is 19.8. The van der Waals surface area contributed by atoms with Crippen LogP contribution in [-0.4, -0.2) is 30.7 Å². The van der Waals surface area contributed by atoms with Gasteiger partial charge < -0.3 is 10.6 Å². The van der Waals surface area contributed by atoms with Crippen LogP contribution in [0, 0.1) is 12.8 Å². The molecular formula is C20H30N2O2S. The Bertz CT molecular complexity index is 539. The Morgan fingerprint density at radius 2 is 1.64 bits per heavy atom. The van der Waals surface area contributed by atoms with Gasteiger partial charge in [-0.2, -0.15) is 0 Å². The van der Waals surface area contributed by atoms with Gasteiger partial charge in [-0.05, 0) is 37.8 Å². The number of hydrogen-bond donors (Lipinski definition) is 2. The van der Waals surface area contributed by atoms with E-state index in [9.17, 15) is 9.59 Å². The van der Waals surface area contributed by atoms with Gasteiger partial charge in [0.2, 0.25) is 11.8 Å². The molecule has 4 nitrogen and oxygen atoms in total. The highest BCUT2D eigenvalue weighted by Crippen LogP contribution is 2.26. The molecule has 0 saturated heterocycles. The second-order valence-electron chi connectivity index (χ2n) is 6.82. The molecule has 25 heavy (non-hydrogen) atoms. The van der Waals surface area contributed by atoms with Gasteiger partial charge in [-0.3, -0.25) is 9.59 Å². The monoisotopic (exact) mass is 362 g/mol. The fourth-order valence-electron chi connectivity index (χ4n) is 3.11. The third-order valence-electron chi connectivity index (χ3n) is 4.59. The molecule has 1 aromatic rings. The molecule has 0 aliphatic heterocycles. The van der Waals surface area contributed by atoms with Crippen LogP contribution in [0.5, 0.6) is 0 Å². The van der Waals surface area contributed by atoms with Crippen molar-refractivity contribution in [3.8, 4) is 0 Å². The Balaban J connectivity index is 1.48. The van der Waals surface area contributed by atoms with Crippen LogP contribution in [0.15, 0.2) is 29.2 Å². The zero-order valence-electron chi connectivity index (χ0n) is 15.2. The first-order chi connectivity index (χ1) is 12.1. The summed E-state index contributed by atoms with van der Waals surface area (Å²) in [5, 5.41) is 5.78. The van der Waals surface area contributed by atoms with E-state index in [4.69, 9.17) is 0 Å². The van der Waals surface area contributed by atoms with Crippen molar-refractivity contribution in [1.82, 2.24) is 10.6 Å². The van der Waals surface area contributed by atoms with Crippen LogP contribution in [0.1, 0.15) is 50.5 Å². The highest BCUT2D eigenvalue weighted by molar-refractivity contribution is 7.99. The number of nitrogens with one attached hydrogen (secondary N) is 2. The van der Waals surface area contributed by atoms with Crippen LogP contribution in [0.25, 0.3) is 0 Å². The molecule has 0 heterocycles. The molecule has 1 saturated carbocycles. The van der Waals surface area contributed by atoms with Crippen LogP contribution in [-0.2, 0) is 9.59 Å². The number of thioether (sulfide) groups is 1. The number of amides is 2. The van der Waals surface area contributed by atoms with Gasteiger partial charge in [0, 0.05) is 36.6 Å². The minimum absolute atomic E-state index is 0.0427. The van der Waals surface area contributed by atoms with Gasteiger partial charge in [-0.1, -0.05) is 37.0 Å². The summed E-state index contributed by atoms with van der Waals surface area (Å²) in [5.41, 5.74) is 1.24. The number of benzene rings is 1. The van der Waals surface area contributed by atoms with E-state index < -0.39 is 0 Å². The smallest absolute Gasteiger partial charge is 0.220 e. The molecule has 0 atom stereocenters. The maximum atomic E-state index is 11.9. The van der Waals surface area contributed by atoms with Gasteiger partial charge in [0.15, 0.2) is 0 Å². The molecule has 0 bridgehead atoms. The van der Waals surface area contributed by atoms with Crippen molar-refractivity contribution < 1.29 is 9.59 Å². The third-order valence-corrected chi connectivity index (χ3v) is 5.60. The zero-order chi connectivity index (χ0) is 17.9. The molecule has 2 N–H and O–H groups in total. The summed E-state index contributed by atoms with van der Waals surface area (Å²) in [5.74, 6) is 1.49. The van der Waals surface area contributed by atoms with Gasteiger partial charge in [0.05, 0.1) is 0 Å². The van der Waals surface area contributed by atoms with Crippen LogP contribution in [0.4, 0.5) is 0 Å². The fraction of sp³-hybridized carbons (Fsp3) is 0.600. The van der Waals surface area contributed by atoms with E-state index >= 15 is 0 Å². The molecule has 1 aromatic carbocycles. The number of carbonyl (C=O) groups is 2. The van der Waals surface area contributed by atoms with Gasteiger partial charge in [-0.15, -0.1) is 11.8 Å². The average molecular weight is 363 g/mol. The number of aryl methyl sites for hydroxylation is 1. The van der Waals surface area contributed by atoms with Crippen LogP contribution < -0.4 is 10.6 Å². The Morgan fingerprint density at radius 3 is 2.32 bits per heavy atom. The van der Waals surface area contributed by atoms with Crippen LogP contribution in [0.3, 0.4) is 0 Å². The first-order valence-corrected chi connectivity index (χ1v) is 10.3. The quantitative estimate of drug-likeness (QED) is 0.520. The van der Waals surface area contributed by atoms with Gasteiger partial charge in [0.25, 0.3) is 0 Å². The number of hydrogen-bond acceptors (Lipinski definition) is 3. The topological polar surface area (TPSA) is 58.2 Å². The summed E-state index contributed by atoms with van der Waals surface area (Å²) >= 11 is 1.69. The van der Waals surface area contributed by atoms with Gasteiger partial charge in [0.1, 0.15) is 0 Å². The van der Waals surface area contributed by atoms with Crippen molar-refractivity contribution in [2.24, 2.45) is 5.92 Å². The molecule has 0 unspecified atom stereocenters. The number of carbonyl (C=O) groups excluding carboxylic acids is 2. The SMILES string of the molecule is Cc1ccc(SCCC(=O)NCCNC(=O)CC2CCCCC2)cc1. The van der Waals surface area contributed by atoms with E-state index in [1.54, 1.807) is 11.8 Å². The van der Waals surface area contributed by atoms with Crippen molar-refractivity contribution >= 4 is 23.6 Å². The summed E-state index contributed by atoms with van der Waals surface area (Å²) in [4.78, 5) is 24.9. The molecule has 138 valence electrons. The predicted molar refractivity (Wildman–Crippen MR) is 104 cm³/mol. The summed E-state index contributed by atoms with van der Waals surface area (Å²) in [6, 6.07) is 8.33. The van der Waals surface area contributed by atoms with E-state index in [0.29, 0.717) is 31.8 Å². The lowest BCUT2D eigenvalue weighted by Crippen LogP contribution is -2.35. The normalized spacial score (nSPS) is 14.9. The summed E-state index contributed by atoms with van der Waals surface area (Å²) in [6.45, 7) is 3.09. The maximum absolute atomic E-state index is 11.9. The second-order valence-corrected chi connectivity index (χ2v) is 7.99. The molecule has 1 aliphatic rings. The lowest BCUT2D eigenvalue weighted by Gasteiger charge is -2.20. The lowest BCUT2D eigenvalue weighted by molar-refractivity contribution is -0.123. The van der Waals surface area contributed by atoms with Crippen molar-refractivity contribution in [2.45, 2.75) is 56.8 Å². The van der Waals surface area contributed by atoms with Crippen LogP contribution >= 0.6 is 11.8 Å². The summed E-state index contributed by atoms with van der Waals surface area (Å²) in [7, 11) is 0. The molecule has 1 fully saturated rings. The fourth-order valence-corrected chi connectivity index (χ4v) is 3.97. The Morgan fingerprint density at radius 1 is 1.00 bits per heavy atom. The van der Waals surface area contributed by atoms with E-state index in [1.165, 1.54) is 42.6 Å². The molecule has 0 aromatic heterocycles. The zero-order valence-corrected chi connectivity index (χ0v) is 16.0. The van der Waals surface area contributed by atoms with Gasteiger partial charge >= 0.3 is 0 Å². The Hall–Kier alpha value is -1.49. The second kappa shape index (κ2) is 11.2. The third kappa shape index (κ3) is 8.43. The van der Waals surface area contributed by atoms with Crippen molar-refractivity contribution in [3.05, 3.63) is 29.8 Å². The molecule has 1 aliphatic carbocycles. The molecule has 2 rings (SSSR count). The van der Waals surface area contributed by atoms with Crippen molar-refractivity contribution in [3.63, 3.8) is 0 Å². The van der Waals surface area contributed by atoms with E-state index in [1.807, 2.05) is 0 Å². The molecule has 2 amide bonds. The lowest BCUT2D eigenvalue weighted by atomic mass is 9.87. The molecule has 0 radical (unpaired) electrons. The van der Waals surface area contributed by atoms with Crippen molar-refractivity contribution in [1.29, 1.82) is 0 Å². The average Bonchev–Trinajstić information content (AvgIpc) is 2.61. The first-order valence-electron chi connectivity index (χ1n) is 9.36. The molecule has 0 spiro atoms. The minimum atomic E-state index is 0.0427. The van der Waals surface area contributed by atoms with Crippen molar-refractivity contribution in [2.75, 3.05) is 18.8 Å². The highest BCUT2D eigenvalue weighted by Gasteiger charge is 2.16.